The Kier molecular flexibility index (Phi) is 4.41. The summed E-state index contributed by atoms with van der Waals surface area (Å²) in [6, 6.07) is 0.0890. The van der Waals surface area contributed by atoms with Crippen LogP contribution in [-0.4, -0.2) is 54.2 Å². The summed E-state index contributed by atoms with van der Waals surface area (Å²) in [6.07, 6.45) is 2.91. The number of carbonyl (C=O) groups is 2. The molecule has 3 heterocycles. The SMILES string of the molecule is O=C(O)CCCNC(=O)NC1CN2CCC1CC2. The van der Waals surface area contributed by atoms with Crippen molar-refractivity contribution >= 4 is 12.0 Å². The zero-order valence-corrected chi connectivity index (χ0v) is 10.5. The maximum Gasteiger partial charge on any atom is 0.315 e. The predicted octanol–water partition coefficient (Wildman–Crippen LogP) is 0.245. The molecule has 18 heavy (non-hydrogen) atoms. The van der Waals surface area contributed by atoms with Gasteiger partial charge in [-0.05, 0) is 38.3 Å². The Morgan fingerprint density at radius 1 is 1.28 bits per heavy atom. The van der Waals surface area contributed by atoms with Crippen LogP contribution in [0.2, 0.25) is 0 Å². The Morgan fingerprint density at radius 3 is 2.56 bits per heavy atom. The van der Waals surface area contributed by atoms with Crippen molar-refractivity contribution in [1.29, 1.82) is 0 Å². The molecule has 3 aliphatic rings. The van der Waals surface area contributed by atoms with E-state index in [0.717, 1.165) is 19.6 Å². The number of hydrogen-bond donors (Lipinski definition) is 3. The van der Waals surface area contributed by atoms with Crippen molar-refractivity contribution in [2.45, 2.75) is 31.7 Å². The normalized spacial score (nSPS) is 29.9. The van der Waals surface area contributed by atoms with Crippen molar-refractivity contribution in [2.24, 2.45) is 5.92 Å². The van der Waals surface area contributed by atoms with E-state index in [0.29, 0.717) is 18.9 Å². The van der Waals surface area contributed by atoms with Crippen LogP contribution >= 0.6 is 0 Å². The summed E-state index contributed by atoms with van der Waals surface area (Å²) in [5.74, 6) is -0.214. The van der Waals surface area contributed by atoms with Crippen LogP contribution < -0.4 is 10.6 Å². The molecule has 3 rings (SSSR count). The second-order valence-corrected chi connectivity index (χ2v) is 5.14. The van der Waals surface area contributed by atoms with Crippen LogP contribution in [0.25, 0.3) is 0 Å². The lowest BCUT2D eigenvalue weighted by molar-refractivity contribution is -0.137. The molecule has 2 bridgehead atoms. The number of fused-ring (bicyclic) bond motifs is 3. The maximum absolute atomic E-state index is 11.6. The molecule has 3 aliphatic heterocycles. The molecule has 0 radical (unpaired) electrons. The number of carboxylic acid groups (broad SMARTS) is 1. The van der Waals surface area contributed by atoms with Gasteiger partial charge in [-0.2, -0.15) is 0 Å². The van der Waals surface area contributed by atoms with Gasteiger partial charge in [0.25, 0.3) is 0 Å². The number of carboxylic acids is 1. The number of carbonyl (C=O) groups excluding carboxylic acids is 1. The first kappa shape index (κ1) is 13.1. The summed E-state index contributed by atoms with van der Waals surface area (Å²) in [6.45, 7) is 3.68. The number of nitrogens with zero attached hydrogens (tertiary/aromatic N) is 1. The van der Waals surface area contributed by atoms with E-state index in [2.05, 4.69) is 15.5 Å². The molecule has 1 unspecified atom stereocenters. The Balaban J connectivity index is 1.63. The minimum Gasteiger partial charge on any atom is -0.481 e. The molecule has 3 saturated heterocycles. The molecule has 6 nitrogen and oxygen atoms in total. The fraction of sp³-hybridized carbons (Fsp3) is 0.833. The molecule has 3 N–H and O–H groups in total. The summed E-state index contributed by atoms with van der Waals surface area (Å²) in [4.78, 5) is 24.3. The molecule has 3 fully saturated rings. The summed E-state index contributed by atoms with van der Waals surface area (Å²) in [7, 11) is 0. The van der Waals surface area contributed by atoms with Crippen molar-refractivity contribution in [3.63, 3.8) is 0 Å². The molecule has 2 amide bonds. The first-order valence-electron chi connectivity index (χ1n) is 6.63. The molecule has 0 saturated carbocycles. The van der Waals surface area contributed by atoms with Crippen LogP contribution in [0.4, 0.5) is 4.79 Å². The third kappa shape index (κ3) is 3.60. The minimum absolute atomic E-state index is 0.0973. The monoisotopic (exact) mass is 255 g/mol. The third-order valence-electron chi connectivity index (χ3n) is 3.83. The molecular weight excluding hydrogens is 234 g/mol. The van der Waals surface area contributed by atoms with Crippen molar-refractivity contribution < 1.29 is 14.7 Å². The summed E-state index contributed by atoms with van der Waals surface area (Å²) < 4.78 is 0. The first-order valence-corrected chi connectivity index (χ1v) is 6.63. The molecule has 102 valence electrons. The number of nitrogens with one attached hydrogen (secondary N) is 2. The lowest BCUT2D eigenvalue weighted by Gasteiger charge is -2.44. The van der Waals surface area contributed by atoms with Gasteiger partial charge in [-0.3, -0.25) is 4.79 Å². The third-order valence-corrected chi connectivity index (χ3v) is 3.83. The van der Waals surface area contributed by atoms with Crippen molar-refractivity contribution in [1.82, 2.24) is 15.5 Å². The molecule has 0 spiro atoms. The second kappa shape index (κ2) is 6.04. The van der Waals surface area contributed by atoms with E-state index in [1.54, 1.807) is 0 Å². The summed E-state index contributed by atoms with van der Waals surface area (Å²) in [5, 5.41) is 14.2. The molecule has 0 aromatic heterocycles. The van der Waals surface area contributed by atoms with Crippen LogP contribution in [-0.2, 0) is 4.79 Å². The van der Waals surface area contributed by atoms with Crippen LogP contribution in [0.1, 0.15) is 25.7 Å². The van der Waals surface area contributed by atoms with E-state index >= 15 is 0 Å². The zero-order chi connectivity index (χ0) is 13.0. The van der Waals surface area contributed by atoms with E-state index in [1.165, 1.54) is 12.8 Å². The maximum atomic E-state index is 11.6. The lowest BCUT2D eigenvalue weighted by Crippen LogP contribution is -2.58. The van der Waals surface area contributed by atoms with Gasteiger partial charge >= 0.3 is 12.0 Å². The van der Waals surface area contributed by atoms with E-state index in [-0.39, 0.29) is 18.5 Å². The fourth-order valence-corrected chi connectivity index (χ4v) is 2.79. The smallest absolute Gasteiger partial charge is 0.315 e. The molecule has 0 aliphatic carbocycles. The quantitative estimate of drug-likeness (QED) is 0.615. The van der Waals surface area contributed by atoms with E-state index < -0.39 is 5.97 Å². The highest BCUT2D eigenvalue weighted by Crippen LogP contribution is 2.27. The van der Waals surface area contributed by atoms with Gasteiger partial charge in [-0.1, -0.05) is 0 Å². The van der Waals surface area contributed by atoms with Crippen molar-refractivity contribution in [3.05, 3.63) is 0 Å². The average Bonchev–Trinajstić information content (AvgIpc) is 2.36. The lowest BCUT2D eigenvalue weighted by atomic mass is 9.84. The first-order chi connectivity index (χ1) is 8.65. The Hall–Kier alpha value is -1.30. The van der Waals surface area contributed by atoms with Gasteiger partial charge in [0.2, 0.25) is 0 Å². The average molecular weight is 255 g/mol. The highest BCUT2D eigenvalue weighted by molar-refractivity contribution is 5.74. The van der Waals surface area contributed by atoms with E-state index in [1.807, 2.05) is 0 Å². The highest BCUT2D eigenvalue weighted by Gasteiger charge is 2.34. The van der Waals surface area contributed by atoms with Crippen LogP contribution in [0, 0.1) is 5.92 Å². The Labute approximate surface area is 107 Å². The Bertz CT molecular complexity index is 314. The summed E-state index contributed by atoms with van der Waals surface area (Å²) >= 11 is 0. The number of hydrogen-bond acceptors (Lipinski definition) is 3. The second-order valence-electron chi connectivity index (χ2n) is 5.14. The molecule has 0 aromatic carbocycles. The van der Waals surface area contributed by atoms with E-state index in [9.17, 15) is 9.59 Å². The number of urea groups is 1. The molecule has 1 atom stereocenters. The highest BCUT2D eigenvalue weighted by atomic mass is 16.4. The van der Waals surface area contributed by atoms with Gasteiger partial charge in [-0.25, -0.2) is 4.79 Å². The number of piperidine rings is 3. The van der Waals surface area contributed by atoms with Crippen molar-refractivity contribution in [2.75, 3.05) is 26.2 Å². The van der Waals surface area contributed by atoms with Gasteiger partial charge in [0.15, 0.2) is 0 Å². The number of amides is 2. The van der Waals surface area contributed by atoms with Gasteiger partial charge in [-0.15, -0.1) is 0 Å². The largest absolute Gasteiger partial charge is 0.481 e. The topological polar surface area (TPSA) is 81.7 Å². The number of rotatable bonds is 5. The predicted molar refractivity (Wildman–Crippen MR) is 66.4 cm³/mol. The number of aliphatic carboxylic acids is 1. The molecule has 0 aromatic rings. The molecule has 6 heteroatoms. The van der Waals surface area contributed by atoms with Gasteiger partial charge < -0.3 is 20.6 Å². The van der Waals surface area contributed by atoms with E-state index in [4.69, 9.17) is 5.11 Å². The standard InChI is InChI=1S/C12H21N3O3/c16-11(17)2-1-5-13-12(18)14-10-8-15-6-3-9(10)4-7-15/h9-10H,1-8H2,(H,16,17)(H2,13,14,18). The van der Waals surface area contributed by atoms with Gasteiger partial charge in [0.1, 0.15) is 0 Å². The zero-order valence-electron chi connectivity index (χ0n) is 10.5. The minimum atomic E-state index is -0.824. The fourth-order valence-electron chi connectivity index (χ4n) is 2.79. The Morgan fingerprint density at radius 2 is 2.00 bits per heavy atom. The summed E-state index contributed by atoms with van der Waals surface area (Å²) in [5.41, 5.74) is 0. The van der Waals surface area contributed by atoms with Gasteiger partial charge in [0.05, 0.1) is 0 Å². The van der Waals surface area contributed by atoms with Crippen LogP contribution in [0.5, 0.6) is 0 Å². The molecular formula is C12H21N3O3. The van der Waals surface area contributed by atoms with Crippen LogP contribution in [0.15, 0.2) is 0 Å². The van der Waals surface area contributed by atoms with Crippen LogP contribution in [0.3, 0.4) is 0 Å². The van der Waals surface area contributed by atoms with Gasteiger partial charge in [0, 0.05) is 25.6 Å². The van der Waals surface area contributed by atoms with Crippen molar-refractivity contribution in [3.8, 4) is 0 Å².